The molecule has 0 amide bonds. The highest BCUT2D eigenvalue weighted by Crippen LogP contribution is 2.42. The van der Waals surface area contributed by atoms with E-state index in [0.717, 1.165) is 22.3 Å². The van der Waals surface area contributed by atoms with Gasteiger partial charge in [0.1, 0.15) is 11.5 Å². The molecule has 0 aromatic heterocycles. The number of rotatable bonds is 4. The van der Waals surface area contributed by atoms with Gasteiger partial charge in [0.2, 0.25) is 0 Å². The summed E-state index contributed by atoms with van der Waals surface area (Å²) in [6.45, 7) is 0.684. The molecule has 144 valence electrons. The second kappa shape index (κ2) is 8.05. The van der Waals surface area contributed by atoms with Crippen molar-refractivity contribution >= 4 is 0 Å². The van der Waals surface area contributed by atoms with Gasteiger partial charge < -0.3 is 19.3 Å². The standard InChI is InChI=1S/C24H24O4/c1-26-20-12-19-14-28-15-21(25)23(24(19)22(13-20)27-2)18-10-8-17(9-11-18)16-6-4-3-5-7-16/h3-13,21,23,25H,14-15H2,1-2H3/t21-,23+/m0/s1. The average Bonchev–Trinajstić information content (AvgIpc) is 2.92. The lowest BCUT2D eigenvalue weighted by atomic mass is 9.83. The Morgan fingerprint density at radius 1 is 0.893 bits per heavy atom. The Balaban J connectivity index is 1.79. The number of aliphatic hydroxyl groups is 1. The fraction of sp³-hybridized carbons (Fsp3) is 0.250. The van der Waals surface area contributed by atoms with E-state index in [4.69, 9.17) is 14.2 Å². The van der Waals surface area contributed by atoms with Crippen LogP contribution in [0.15, 0.2) is 66.7 Å². The molecule has 0 unspecified atom stereocenters. The molecular formula is C24H24O4. The monoisotopic (exact) mass is 376 g/mol. The Labute approximate surface area is 165 Å². The van der Waals surface area contributed by atoms with Crippen LogP contribution in [-0.2, 0) is 11.3 Å². The summed E-state index contributed by atoms with van der Waals surface area (Å²) in [6, 6.07) is 22.4. The van der Waals surface area contributed by atoms with Crippen molar-refractivity contribution in [3.8, 4) is 22.6 Å². The molecule has 4 nitrogen and oxygen atoms in total. The second-order valence-electron chi connectivity index (χ2n) is 6.95. The zero-order valence-electron chi connectivity index (χ0n) is 16.1. The van der Waals surface area contributed by atoms with E-state index in [0.29, 0.717) is 18.1 Å². The van der Waals surface area contributed by atoms with Gasteiger partial charge in [0.05, 0.1) is 33.5 Å². The van der Waals surface area contributed by atoms with Crippen molar-refractivity contribution in [2.75, 3.05) is 20.8 Å². The summed E-state index contributed by atoms with van der Waals surface area (Å²) in [4.78, 5) is 0. The fourth-order valence-corrected chi connectivity index (χ4v) is 3.90. The molecule has 1 N–H and O–H groups in total. The van der Waals surface area contributed by atoms with Crippen molar-refractivity contribution < 1.29 is 19.3 Å². The molecule has 2 atom stereocenters. The normalized spacial score (nSPS) is 18.8. The van der Waals surface area contributed by atoms with Crippen LogP contribution in [0.1, 0.15) is 22.6 Å². The van der Waals surface area contributed by atoms with Crippen LogP contribution in [0.5, 0.6) is 11.5 Å². The second-order valence-corrected chi connectivity index (χ2v) is 6.95. The Bertz CT molecular complexity index is 935. The quantitative estimate of drug-likeness (QED) is 0.733. The minimum absolute atomic E-state index is 0.233. The van der Waals surface area contributed by atoms with Gasteiger partial charge in [0, 0.05) is 17.5 Å². The maximum absolute atomic E-state index is 10.9. The predicted molar refractivity (Wildman–Crippen MR) is 109 cm³/mol. The molecule has 0 fully saturated rings. The molecule has 3 aromatic carbocycles. The van der Waals surface area contributed by atoms with Crippen LogP contribution in [0.25, 0.3) is 11.1 Å². The van der Waals surface area contributed by atoms with Gasteiger partial charge in [-0.3, -0.25) is 0 Å². The number of methoxy groups -OCH3 is 2. The first-order valence-electron chi connectivity index (χ1n) is 9.37. The highest BCUT2D eigenvalue weighted by molar-refractivity contribution is 5.64. The summed E-state index contributed by atoms with van der Waals surface area (Å²) in [5.41, 5.74) is 5.28. The third-order valence-electron chi connectivity index (χ3n) is 5.28. The van der Waals surface area contributed by atoms with Crippen LogP contribution >= 0.6 is 0 Å². The van der Waals surface area contributed by atoms with E-state index in [1.54, 1.807) is 14.2 Å². The maximum atomic E-state index is 10.9. The summed E-state index contributed by atoms with van der Waals surface area (Å²) in [6.07, 6.45) is -0.661. The molecule has 0 saturated carbocycles. The van der Waals surface area contributed by atoms with Crippen molar-refractivity contribution in [1.29, 1.82) is 0 Å². The van der Waals surface area contributed by atoms with E-state index < -0.39 is 6.10 Å². The van der Waals surface area contributed by atoms with E-state index in [1.165, 1.54) is 5.56 Å². The summed E-state index contributed by atoms with van der Waals surface area (Å²) >= 11 is 0. The van der Waals surface area contributed by atoms with E-state index in [9.17, 15) is 5.11 Å². The zero-order chi connectivity index (χ0) is 19.5. The molecule has 4 rings (SSSR count). The van der Waals surface area contributed by atoms with Gasteiger partial charge in [-0.05, 0) is 28.3 Å². The zero-order valence-corrected chi connectivity index (χ0v) is 16.1. The molecule has 4 heteroatoms. The maximum Gasteiger partial charge on any atom is 0.126 e. The van der Waals surface area contributed by atoms with Crippen molar-refractivity contribution in [2.24, 2.45) is 0 Å². The lowest BCUT2D eigenvalue weighted by Crippen LogP contribution is -2.23. The Morgan fingerprint density at radius 3 is 2.29 bits per heavy atom. The molecule has 0 bridgehead atoms. The van der Waals surface area contributed by atoms with E-state index in [2.05, 4.69) is 36.4 Å². The number of hydrogen-bond acceptors (Lipinski definition) is 4. The molecule has 0 radical (unpaired) electrons. The molecule has 1 aliphatic heterocycles. The van der Waals surface area contributed by atoms with E-state index in [-0.39, 0.29) is 12.5 Å². The predicted octanol–water partition coefficient (Wildman–Crippen LogP) is 4.39. The Morgan fingerprint density at radius 2 is 1.61 bits per heavy atom. The van der Waals surface area contributed by atoms with Crippen molar-refractivity contribution in [1.82, 2.24) is 0 Å². The SMILES string of the molecule is COc1cc2c(c(OC)c1)[C@H](c1ccc(-c3ccccc3)cc1)[C@@H](O)COC2. The first kappa shape index (κ1) is 18.5. The first-order chi connectivity index (χ1) is 13.7. The van der Waals surface area contributed by atoms with Crippen LogP contribution in [0.2, 0.25) is 0 Å². The van der Waals surface area contributed by atoms with Crippen LogP contribution < -0.4 is 9.47 Å². The molecule has 1 heterocycles. The smallest absolute Gasteiger partial charge is 0.126 e. The lowest BCUT2D eigenvalue weighted by molar-refractivity contribution is 0.0296. The lowest BCUT2D eigenvalue weighted by Gasteiger charge is -2.25. The van der Waals surface area contributed by atoms with Gasteiger partial charge in [-0.25, -0.2) is 0 Å². The van der Waals surface area contributed by atoms with Crippen molar-refractivity contribution in [3.63, 3.8) is 0 Å². The van der Waals surface area contributed by atoms with Gasteiger partial charge in [-0.1, -0.05) is 54.6 Å². The minimum atomic E-state index is -0.661. The van der Waals surface area contributed by atoms with Crippen LogP contribution in [0.4, 0.5) is 0 Å². The van der Waals surface area contributed by atoms with Crippen LogP contribution in [0, 0.1) is 0 Å². The van der Waals surface area contributed by atoms with Crippen molar-refractivity contribution in [2.45, 2.75) is 18.6 Å². The van der Waals surface area contributed by atoms with Crippen LogP contribution in [-0.4, -0.2) is 32.0 Å². The fourth-order valence-electron chi connectivity index (χ4n) is 3.90. The average molecular weight is 376 g/mol. The van der Waals surface area contributed by atoms with Gasteiger partial charge in [-0.2, -0.15) is 0 Å². The van der Waals surface area contributed by atoms with Gasteiger partial charge in [0.25, 0.3) is 0 Å². The van der Waals surface area contributed by atoms with Crippen molar-refractivity contribution in [3.05, 3.63) is 83.4 Å². The van der Waals surface area contributed by atoms with E-state index >= 15 is 0 Å². The molecular weight excluding hydrogens is 352 g/mol. The van der Waals surface area contributed by atoms with Gasteiger partial charge in [-0.15, -0.1) is 0 Å². The highest BCUT2D eigenvalue weighted by atomic mass is 16.5. The summed E-state index contributed by atoms with van der Waals surface area (Å²) in [5.74, 6) is 1.19. The van der Waals surface area contributed by atoms with E-state index in [1.807, 2.05) is 30.3 Å². The Kier molecular flexibility index (Phi) is 5.33. The third-order valence-corrected chi connectivity index (χ3v) is 5.28. The summed E-state index contributed by atoms with van der Waals surface area (Å²) < 4.78 is 16.8. The Hall–Kier alpha value is -2.82. The van der Waals surface area contributed by atoms with Gasteiger partial charge in [0.15, 0.2) is 0 Å². The topological polar surface area (TPSA) is 47.9 Å². The molecule has 0 spiro atoms. The third kappa shape index (κ3) is 3.49. The highest BCUT2D eigenvalue weighted by Gasteiger charge is 2.32. The van der Waals surface area contributed by atoms with Gasteiger partial charge >= 0.3 is 0 Å². The number of aliphatic hydroxyl groups excluding tert-OH is 1. The largest absolute Gasteiger partial charge is 0.497 e. The number of ether oxygens (including phenoxy) is 3. The molecule has 0 saturated heterocycles. The molecule has 28 heavy (non-hydrogen) atoms. The minimum Gasteiger partial charge on any atom is -0.497 e. The molecule has 1 aliphatic rings. The summed E-state index contributed by atoms with van der Waals surface area (Å²) in [5, 5.41) is 10.9. The number of benzene rings is 3. The number of hydrogen-bond donors (Lipinski definition) is 1. The first-order valence-corrected chi connectivity index (χ1v) is 9.37. The number of fused-ring (bicyclic) bond motifs is 1. The summed E-state index contributed by atoms with van der Waals surface area (Å²) in [7, 11) is 3.27. The van der Waals surface area contributed by atoms with Crippen LogP contribution in [0.3, 0.4) is 0 Å². The molecule has 0 aliphatic carbocycles. The molecule has 3 aromatic rings.